The maximum atomic E-state index is 7.00. The normalized spacial score (nSPS) is 6.00. The van der Waals surface area contributed by atoms with E-state index in [1.807, 2.05) is 50.2 Å². The van der Waals surface area contributed by atoms with Gasteiger partial charge in [-0.3, -0.25) is 0 Å². The number of benzene rings is 1. The van der Waals surface area contributed by atoms with E-state index in [4.69, 9.17) is 21.7 Å². The van der Waals surface area contributed by atoms with E-state index in [1.54, 1.807) is 0 Å². The van der Waals surface area contributed by atoms with Gasteiger partial charge in [-0.1, -0.05) is 50.2 Å². The lowest BCUT2D eigenvalue weighted by molar-refractivity contribution is 0.399. The maximum absolute atomic E-state index is 7.00. The van der Waals surface area contributed by atoms with Crippen LogP contribution in [0.4, 0.5) is 0 Å². The Labute approximate surface area is 99.9 Å². The fraction of sp³-hybridized carbons (Fsp3) is 0.500. The van der Waals surface area contributed by atoms with Gasteiger partial charge in [0.1, 0.15) is 0 Å². The minimum atomic E-state index is 0.750. The van der Waals surface area contributed by atoms with Gasteiger partial charge in [0.05, 0.1) is 0 Å². The van der Waals surface area contributed by atoms with Crippen molar-refractivity contribution in [3.8, 4) is 0 Å². The molecule has 0 aliphatic rings. The lowest BCUT2D eigenvalue weighted by Gasteiger charge is -1.69. The van der Waals surface area contributed by atoms with Crippen molar-refractivity contribution in [3.63, 3.8) is 0 Å². The summed E-state index contributed by atoms with van der Waals surface area (Å²) in [5.74, 6) is 0. The van der Waals surface area contributed by atoms with Gasteiger partial charge in [0, 0.05) is 14.2 Å². The molecule has 16 heavy (non-hydrogen) atoms. The van der Waals surface area contributed by atoms with Gasteiger partial charge in [-0.05, 0) is 13.1 Å². The van der Waals surface area contributed by atoms with Crippen LogP contribution in [0.1, 0.15) is 13.8 Å². The predicted molar refractivity (Wildman–Crippen MR) is 72.2 cm³/mol. The van der Waals surface area contributed by atoms with Crippen LogP contribution in [0.15, 0.2) is 36.4 Å². The molecule has 6 N–H and O–H groups in total. The largest absolute Gasteiger partial charge is 0.400 e. The minimum Gasteiger partial charge on any atom is -0.400 e. The molecule has 4 heteroatoms. The first-order valence-corrected chi connectivity index (χ1v) is 5.13. The van der Waals surface area contributed by atoms with E-state index >= 15 is 0 Å². The van der Waals surface area contributed by atoms with Crippen LogP contribution in [0, 0.1) is 0 Å². The number of hydrogen-bond acceptors (Lipinski definition) is 4. The molecule has 1 rings (SSSR count). The van der Waals surface area contributed by atoms with Crippen LogP contribution in [0.3, 0.4) is 0 Å². The van der Waals surface area contributed by atoms with Crippen molar-refractivity contribution in [2.45, 2.75) is 13.8 Å². The van der Waals surface area contributed by atoms with Crippen LogP contribution in [-0.4, -0.2) is 37.5 Å². The minimum absolute atomic E-state index is 0.750. The molecule has 0 saturated heterocycles. The third-order valence-electron chi connectivity index (χ3n) is 0.667. The van der Waals surface area contributed by atoms with Crippen LogP contribution >= 0.6 is 0 Å². The third-order valence-corrected chi connectivity index (χ3v) is 0.667. The molecule has 4 nitrogen and oxygen atoms in total. The molecule has 0 aliphatic carbocycles. The van der Waals surface area contributed by atoms with Crippen LogP contribution in [-0.2, 0) is 0 Å². The first-order chi connectivity index (χ1) is 7.83. The van der Waals surface area contributed by atoms with Gasteiger partial charge in [0.15, 0.2) is 0 Å². The number of aliphatic hydroxyl groups excluding tert-OH is 2. The van der Waals surface area contributed by atoms with E-state index in [-0.39, 0.29) is 0 Å². The number of hydrogen-bond donors (Lipinski definition) is 4. The quantitative estimate of drug-likeness (QED) is 0.533. The second kappa shape index (κ2) is 48.1. The highest BCUT2D eigenvalue weighted by atomic mass is 16.2. The fourth-order valence-electron chi connectivity index (χ4n) is 0.385. The van der Waals surface area contributed by atoms with Gasteiger partial charge in [-0.15, -0.1) is 0 Å². The van der Waals surface area contributed by atoms with Gasteiger partial charge in [-0.25, -0.2) is 0 Å². The Bertz CT molecular complexity index is 109. The average Bonchev–Trinajstić information content (AvgIpc) is 2.38. The Balaban J connectivity index is -0.0000000630. The average molecular weight is 232 g/mol. The summed E-state index contributed by atoms with van der Waals surface area (Å²) in [5.41, 5.74) is 9.69. The number of nitrogens with two attached hydrogens (primary N) is 2. The van der Waals surface area contributed by atoms with E-state index in [1.165, 1.54) is 0 Å². The second-order valence-electron chi connectivity index (χ2n) is 1.97. The fourth-order valence-corrected chi connectivity index (χ4v) is 0.385. The summed E-state index contributed by atoms with van der Waals surface area (Å²) in [6.07, 6.45) is 0. The van der Waals surface area contributed by atoms with Gasteiger partial charge in [-0.2, -0.15) is 0 Å². The first-order valence-electron chi connectivity index (χ1n) is 5.13. The van der Waals surface area contributed by atoms with Crippen LogP contribution < -0.4 is 11.5 Å². The van der Waals surface area contributed by atoms with E-state index in [0.29, 0.717) is 0 Å². The summed E-state index contributed by atoms with van der Waals surface area (Å²) in [7, 11) is 2.00. The van der Waals surface area contributed by atoms with Gasteiger partial charge < -0.3 is 21.7 Å². The Morgan fingerprint density at radius 2 is 0.688 bits per heavy atom. The zero-order valence-electron chi connectivity index (χ0n) is 10.9. The Kier molecular flexibility index (Phi) is 73.2. The summed E-state index contributed by atoms with van der Waals surface area (Å²) in [4.78, 5) is 0. The van der Waals surface area contributed by atoms with Crippen molar-refractivity contribution >= 4 is 0 Å². The summed E-state index contributed by atoms with van der Waals surface area (Å²) < 4.78 is 0. The lowest BCUT2D eigenvalue weighted by atomic mass is 10.4. The van der Waals surface area contributed by atoms with Gasteiger partial charge >= 0.3 is 0 Å². The van der Waals surface area contributed by atoms with Crippen molar-refractivity contribution in [3.05, 3.63) is 36.4 Å². The number of aliphatic hydroxyl groups is 2. The van der Waals surface area contributed by atoms with Crippen molar-refractivity contribution in [1.82, 2.24) is 0 Å². The molecule has 0 heterocycles. The van der Waals surface area contributed by atoms with E-state index in [0.717, 1.165) is 27.3 Å². The van der Waals surface area contributed by atoms with Crippen LogP contribution in [0.2, 0.25) is 0 Å². The highest BCUT2D eigenvalue weighted by Gasteiger charge is 1.57. The lowest BCUT2D eigenvalue weighted by Crippen LogP contribution is -1.87. The molecule has 1 aromatic carbocycles. The van der Waals surface area contributed by atoms with Crippen LogP contribution in [0.5, 0.6) is 0 Å². The Morgan fingerprint density at radius 1 is 0.625 bits per heavy atom. The molecule has 0 atom stereocenters. The molecule has 98 valence electrons. The standard InChI is InChI=1S/C6H6.2C2H7N.2CH4O/c1-2-4-6-5-3-1;2*1-2-3;2*1-2/h1-6H;2*2-3H2,1H3;2*2H,1H3. The Hall–Kier alpha value is -0.940. The van der Waals surface area contributed by atoms with Crippen molar-refractivity contribution in [1.29, 1.82) is 0 Å². The molecule has 0 bridgehead atoms. The molecule has 0 fully saturated rings. The van der Waals surface area contributed by atoms with Crippen molar-refractivity contribution < 1.29 is 10.2 Å². The molecular formula is C12H28N2O2. The number of rotatable bonds is 0. The summed E-state index contributed by atoms with van der Waals surface area (Å²) in [5, 5.41) is 14.0. The highest BCUT2D eigenvalue weighted by Crippen LogP contribution is 1.79. The Morgan fingerprint density at radius 3 is 0.750 bits per heavy atom. The third kappa shape index (κ3) is 74.2. The molecule has 0 unspecified atom stereocenters. The monoisotopic (exact) mass is 232 g/mol. The first kappa shape index (κ1) is 24.3. The molecule has 0 aromatic heterocycles. The molecule has 0 spiro atoms. The van der Waals surface area contributed by atoms with Crippen molar-refractivity contribution in [2.24, 2.45) is 11.5 Å². The van der Waals surface area contributed by atoms with Gasteiger partial charge in [0.25, 0.3) is 0 Å². The SMILES string of the molecule is CCN.CCN.CO.CO.c1ccccc1. The zero-order valence-corrected chi connectivity index (χ0v) is 10.9. The predicted octanol–water partition coefficient (Wildman–Crippen LogP) is 0.834. The highest BCUT2D eigenvalue weighted by molar-refractivity contribution is 4.99. The van der Waals surface area contributed by atoms with Gasteiger partial charge in [0.2, 0.25) is 0 Å². The maximum Gasteiger partial charge on any atom is 0.0319 e. The van der Waals surface area contributed by atoms with E-state index in [9.17, 15) is 0 Å². The topological polar surface area (TPSA) is 92.5 Å². The summed E-state index contributed by atoms with van der Waals surface area (Å²) >= 11 is 0. The van der Waals surface area contributed by atoms with E-state index in [2.05, 4.69) is 0 Å². The molecule has 0 aliphatic heterocycles. The molecule has 1 aromatic rings. The summed E-state index contributed by atoms with van der Waals surface area (Å²) in [6, 6.07) is 12.0. The molecular weight excluding hydrogens is 204 g/mol. The molecule has 0 radical (unpaired) electrons. The zero-order chi connectivity index (χ0) is 13.7. The second-order valence-corrected chi connectivity index (χ2v) is 1.97. The van der Waals surface area contributed by atoms with E-state index < -0.39 is 0 Å². The summed E-state index contributed by atoms with van der Waals surface area (Å²) in [6.45, 7) is 5.31. The molecule has 0 saturated carbocycles. The smallest absolute Gasteiger partial charge is 0.0319 e. The van der Waals surface area contributed by atoms with Crippen molar-refractivity contribution in [2.75, 3.05) is 27.3 Å². The van der Waals surface area contributed by atoms with Crippen LogP contribution in [0.25, 0.3) is 0 Å². The molecule has 0 amide bonds.